The van der Waals surface area contributed by atoms with Crippen LogP contribution >= 0.6 is 0 Å². The van der Waals surface area contributed by atoms with Crippen LogP contribution in [0.5, 0.6) is 0 Å². The van der Waals surface area contributed by atoms with Crippen molar-refractivity contribution in [3.05, 3.63) is 65.7 Å². The molecule has 0 aliphatic rings. The molecule has 0 saturated heterocycles. The van der Waals surface area contributed by atoms with E-state index in [1.807, 2.05) is 49.4 Å². The van der Waals surface area contributed by atoms with Gasteiger partial charge in [0.1, 0.15) is 6.42 Å². The van der Waals surface area contributed by atoms with Crippen LogP contribution in [0.3, 0.4) is 0 Å². The Morgan fingerprint density at radius 3 is 2.24 bits per heavy atom. The smallest absolute Gasteiger partial charge is 0.233 e. The maximum Gasteiger partial charge on any atom is 0.233 e. The predicted octanol–water partition coefficient (Wildman–Crippen LogP) is 2.64. The first kappa shape index (κ1) is 14.8. The van der Waals surface area contributed by atoms with Gasteiger partial charge in [0.25, 0.3) is 0 Å². The van der Waals surface area contributed by atoms with E-state index in [0.717, 1.165) is 5.56 Å². The molecular formula is C17H18N2O2. The fourth-order valence-corrected chi connectivity index (χ4v) is 1.84. The third-order valence-corrected chi connectivity index (χ3v) is 2.99. The second-order valence-electron chi connectivity index (χ2n) is 4.85. The molecule has 0 spiro atoms. The molecule has 2 aromatic rings. The van der Waals surface area contributed by atoms with Gasteiger partial charge in [-0.2, -0.15) is 0 Å². The summed E-state index contributed by atoms with van der Waals surface area (Å²) in [5, 5.41) is 5.41. The summed E-state index contributed by atoms with van der Waals surface area (Å²) in [4.78, 5) is 23.4. The summed E-state index contributed by atoms with van der Waals surface area (Å²) in [6, 6.07) is 17.0. The van der Waals surface area contributed by atoms with Crippen molar-refractivity contribution >= 4 is 17.5 Å². The highest BCUT2D eigenvalue weighted by atomic mass is 16.2. The van der Waals surface area contributed by atoms with E-state index in [4.69, 9.17) is 0 Å². The first-order valence-corrected chi connectivity index (χ1v) is 6.80. The van der Waals surface area contributed by atoms with Gasteiger partial charge in [-0.3, -0.25) is 9.59 Å². The molecule has 4 nitrogen and oxygen atoms in total. The van der Waals surface area contributed by atoms with Gasteiger partial charge in [-0.05, 0) is 24.6 Å². The van der Waals surface area contributed by atoms with E-state index in [0.29, 0.717) is 12.2 Å². The molecule has 2 N–H and O–H groups in total. The van der Waals surface area contributed by atoms with Gasteiger partial charge in [0.2, 0.25) is 11.8 Å². The lowest BCUT2D eigenvalue weighted by Gasteiger charge is -2.07. The van der Waals surface area contributed by atoms with Crippen molar-refractivity contribution in [3.8, 4) is 0 Å². The zero-order valence-corrected chi connectivity index (χ0v) is 11.9. The van der Waals surface area contributed by atoms with Gasteiger partial charge < -0.3 is 10.6 Å². The molecule has 0 fully saturated rings. The minimum Gasteiger partial charge on any atom is -0.352 e. The summed E-state index contributed by atoms with van der Waals surface area (Å²) >= 11 is 0. The van der Waals surface area contributed by atoms with Crippen molar-refractivity contribution in [3.63, 3.8) is 0 Å². The summed E-state index contributed by atoms with van der Waals surface area (Å²) in [6.45, 7) is 2.44. The van der Waals surface area contributed by atoms with Crippen LogP contribution in [-0.4, -0.2) is 11.8 Å². The van der Waals surface area contributed by atoms with Crippen molar-refractivity contribution in [2.24, 2.45) is 0 Å². The minimum atomic E-state index is -0.317. The lowest BCUT2D eigenvalue weighted by Crippen LogP contribution is -2.27. The number of carbonyl (C=O) groups is 2. The van der Waals surface area contributed by atoms with Crippen molar-refractivity contribution in [2.45, 2.75) is 19.9 Å². The molecule has 108 valence electrons. The summed E-state index contributed by atoms with van der Waals surface area (Å²) in [5.74, 6) is -0.605. The van der Waals surface area contributed by atoms with E-state index < -0.39 is 0 Å². The molecule has 0 bridgehead atoms. The fraction of sp³-hybridized carbons (Fsp3) is 0.176. The molecule has 0 aliphatic carbocycles. The molecule has 0 aromatic heterocycles. The molecule has 0 unspecified atom stereocenters. The Balaban J connectivity index is 1.76. The van der Waals surface area contributed by atoms with Gasteiger partial charge in [0.05, 0.1) is 0 Å². The monoisotopic (exact) mass is 282 g/mol. The second kappa shape index (κ2) is 7.24. The van der Waals surface area contributed by atoms with Crippen molar-refractivity contribution in [1.82, 2.24) is 5.32 Å². The van der Waals surface area contributed by atoms with Gasteiger partial charge in [0, 0.05) is 12.2 Å². The van der Waals surface area contributed by atoms with Gasteiger partial charge >= 0.3 is 0 Å². The zero-order chi connectivity index (χ0) is 15.1. The molecule has 0 radical (unpaired) electrons. The largest absolute Gasteiger partial charge is 0.352 e. The van der Waals surface area contributed by atoms with Crippen LogP contribution in [0.4, 0.5) is 5.69 Å². The van der Waals surface area contributed by atoms with Gasteiger partial charge in [-0.25, -0.2) is 0 Å². The molecule has 2 aromatic carbocycles. The Hall–Kier alpha value is -2.62. The number of hydrogen-bond acceptors (Lipinski definition) is 2. The number of amides is 2. The Bertz CT molecular complexity index is 606. The number of hydrogen-bond donors (Lipinski definition) is 2. The third-order valence-electron chi connectivity index (χ3n) is 2.99. The van der Waals surface area contributed by atoms with E-state index in [1.165, 1.54) is 5.56 Å². The molecule has 0 heterocycles. The zero-order valence-electron chi connectivity index (χ0n) is 11.9. The van der Waals surface area contributed by atoms with Crippen molar-refractivity contribution in [1.29, 1.82) is 0 Å². The van der Waals surface area contributed by atoms with Gasteiger partial charge in [-0.15, -0.1) is 0 Å². The standard InChI is InChI=1S/C17H18N2O2/c1-13-7-9-14(10-8-13)12-18-16(20)11-17(21)19-15-5-3-2-4-6-15/h2-10H,11-12H2,1H3,(H,18,20)(H,19,21). The average molecular weight is 282 g/mol. The molecule has 2 amide bonds. The average Bonchev–Trinajstić information content (AvgIpc) is 2.47. The summed E-state index contributed by atoms with van der Waals surface area (Å²) in [6.07, 6.45) is -0.180. The highest BCUT2D eigenvalue weighted by molar-refractivity contribution is 6.03. The number of rotatable bonds is 5. The van der Waals surface area contributed by atoms with Crippen LogP contribution < -0.4 is 10.6 Å². The second-order valence-corrected chi connectivity index (χ2v) is 4.85. The van der Waals surface area contributed by atoms with Crippen LogP contribution in [0, 0.1) is 6.92 Å². The predicted molar refractivity (Wildman–Crippen MR) is 82.7 cm³/mol. The fourth-order valence-electron chi connectivity index (χ4n) is 1.84. The number of benzene rings is 2. The Morgan fingerprint density at radius 2 is 1.57 bits per heavy atom. The lowest BCUT2D eigenvalue weighted by molar-refractivity contribution is -0.126. The van der Waals surface area contributed by atoms with Crippen LogP contribution in [0.2, 0.25) is 0 Å². The van der Waals surface area contributed by atoms with Crippen LogP contribution in [0.25, 0.3) is 0 Å². The maximum absolute atomic E-state index is 11.7. The maximum atomic E-state index is 11.7. The van der Waals surface area contributed by atoms with E-state index in [2.05, 4.69) is 10.6 Å². The van der Waals surface area contributed by atoms with E-state index in [9.17, 15) is 9.59 Å². The van der Waals surface area contributed by atoms with Gasteiger partial charge in [0.15, 0.2) is 0 Å². The quantitative estimate of drug-likeness (QED) is 0.828. The molecule has 21 heavy (non-hydrogen) atoms. The highest BCUT2D eigenvalue weighted by Crippen LogP contribution is 2.05. The molecule has 2 rings (SSSR count). The van der Waals surface area contributed by atoms with E-state index in [1.54, 1.807) is 12.1 Å². The van der Waals surface area contributed by atoms with Crippen LogP contribution in [0.15, 0.2) is 54.6 Å². The number of nitrogens with one attached hydrogen (secondary N) is 2. The summed E-state index contributed by atoms with van der Waals surface area (Å²) in [7, 11) is 0. The normalized spacial score (nSPS) is 9.95. The first-order valence-electron chi connectivity index (χ1n) is 6.80. The molecule has 0 saturated carbocycles. The topological polar surface area (TPSA) is 58.2 Å². The SMILES string of the molecule is Cc1ccc(CNC(=O)CC(=O)Nc2ccccc2)cc1. The molecule has 0 aliphatic heterocycles. The number of carbonyl (C=O) groups excluding carboxylic acids is 2. The molecule has 0 atom stereocenters. The minimum absolute atomic E-state index is 0.180. The number of aryl methyl sites for hydroxylation is 1. The lowest BCUT2D eigenvalue weighted by atomic mass is 10.1. The first-order chi connectivity index (χ1) is 10.1. The van der Waals surface area contributed by atoms with E-state index in [-0.39, 0.29) is 18.2 Å². The highest BCUT2D eigenvalue weighted by Gasteiger charge is 2.09. The molecule has 4 heteroatoms. The van der Waals surface area contributed by atoms with Crippen molar-refractivity contribution in [2.75, 3.05) is 5.32 Å². The van der Waals surface area contributed by atoms with E-state index >= 15 is 0 Å². The number of para-hydroxylation sites is 1. The number of anilines is 1. The summed E-state index contributed by atoms with van der Waals surface area (Å²) < 4.78 is 0. The van der Waals surface area contributed by atoms with Crippen LogP contribution in [0.1, 0.15) is 17.5 Å². The third kappa shape index (κ3) is 5.10. The van der Waals surface area contributed by atoms with Gasteiger partial charge in [-0.1, -0.05) is 48.0 Å². The Labute approximate surface area is 124 Å². The molecular weight excluding hydrogens is 264 g/mol. The Morgan fingerprint density at radius 1 is 0.905 bits per heavy atom. The summed E-state index contributed by atoms with van der Waals surface area (Å²) in [5.41, 5.74) is 2.87. The Kier molecular flexibility index (Phi) is 5.10. The van der Waals surface area contributed by atoms with Crippen LogP contribution in [-0.2, 0) is 16.1 Å². The van der Waals surface area contributed by atoms with Crippen molar-refractivity contribution < 1.29 is 9.59 Å².